The van der Waals surface area contributed by atoms with Crippen LogP contribution in [0.15, 0.2) is 71.2 Å². The molecule has 4 rings (SSSR count). The van der Waals surface area contributed by atoms with Crippen molar-refractivity contribution in [2.75, 3.05) is 18.0 Å². The highest BCUT2D eigenvalue weighted by Crippen LogP contribution is 2.31. The van der Waals surface area contributed by atoms with E-state index in [1.807, 2.05) is 41.8 Å². The third kappa shape index (κ3) is 5.20. The average molecular weight is 470 g/mol. The predicted octanol–water partition coefficient (Wildman–Crippen LogP) is 4.09. The van der Waals surface area contributed by atoms with Crippen LogP contribution in [0.5, 0.6) is 0 Å². The van der Waals surface area contributed by atoms with Crippen LogP contribution in [0.4, 0.5) is 10.5 Å². The number of hydrogen-bond donors (Lipinski definition) is 2. The molecule has 1 saturated heterocycles. The van der Waals surface area contributed by atoms with E-state index in [1.165, 1.54) is 16.2 Å². The molecule has 0 bridgehead atoms. The van der Waals surface area contributed by atoms with Crippen molar-refractivity contribution in [2.45, 2.75) is 24.9 Å². The van der Waals surface area contributed by atoms with Crippen LogP contribution in [0, 0.1) is 0 Å². The third-order valence-electron chi connectivity index (χ3n) is 5.26. The second-order valence-electron chi connectivity index (χ2n) is 7.54. The SMILES string of the molecule is NC(=O)N(c1ccc(Cl)cc1)C(C(=O)NC1C=CC(=NN2CCCC2)C=C1)c1cccs1. The molecule has 7 nitrogen and oxygen atoms in total. The minimum atomic E-state index is -0.907. The van der Waals surface area contributed by atoms with Gasteiger partial charge in [0.15, 0.2) is 6.04 Å². The molecule has 2 aliphatic rings. The van der Waals surface area contributed by atoms with Crippen LogP contribution < -0.4 is 16.0 Å². The lowest BCUT2D eigenvalue weighted by Crippen LogP contribution is -2.48. The first-order valence-corrected chi connectivity index (χ1v) is 11.6. The van der Waals surface area contributed by atoms with Crippen LogP contribution in [0.2, 0.25) is 5.02 Å². The minimum Gasteiger partial charge on any atom is -0.351 e. The van der Waals surface area contributed by atoms with E-state index in [0.29, 0.717) is 15.6 Å². The Kier molecular flexibility index (Phi) is 6.92. The Bertz CT molecular complexity index is 1030. The van der Waals surface area contributed by atoms with Crippen LogP contribution in [-0.2, 0) is 4.79 Å². The van der Waals surface area contributed by atoms with Gasteiger partial charge in [0.25, 0.3) is 0 Å². The number of allylic oxidation sites excluding steroid dienone is 2. The summed E-state index contributed by atoms with van der Waals surface area (Å²) in [4.78, 5) is 27.8. The fourth-order valence-corrected chi connectivity index (χ4v) is 4.66. The molecular weight excluding hydrogens is 446 g/mol. The highest BCUT2D eigenvalue weighted by Gasteiger charge is 2.33. The normalized spacial score (nSPS) is 18.5. The molecule has 32 heavy (non-hydrogen) atoms. The number of benzene rings is 1. The summed E-state index contributed by atoms with van der Waals surface area (Å²) in [5, 5.41) is 12.0. The van der Waals surface area contributed by atoms with E-state index < -0.39 is 12.1 Å². The van der Waals surface area contributed by atoms with Crippen LogP contribution in [0.3, 0.4) is 0 Å². The zero-order valence-electron chi connectivity index (χ0n) is 17.4. The molecule has 1 unspecified atom stereocenters. The number of nitrogens with two attached hydrogens (primary N) is 1. The lowest BCUT2D eigenvalue weighted by atomic mass is 10.1. The number of hydrogen-bond acceptors (Lipinski definition) is 5. The summed E-state index contributed by atoms with van der Waals surface area (Å²) in [7, 11) is 0. The topological polar surface area (TPSA) is 91.0 Å². The largest absolute Gasteiger partial charge is 0.351 e. The highest BCUT2D eigenvalue weighted by molar-refractivity contribution is 7.10. The standard InChI is InChI=1S/C23H24ClN5O2S/c24-16-5-11-19(12-6-16)29(23(25)31)21(20-4-3-15-32-20)22(30)26-17-7-9-18(10-8-17)27-28-13-1-2-14-28/h3-12,15,17,21H,1-2,13-14H2,(H2,25,31)(H,26,30). The Labute approximate surface area is 195 Å². The molecule has 1 aliphatic heterocycles. The van der Waals surface area contributed by atoms with Gasteiger partial charge in [-0.3, -0.25) is 14.7 Å². The van der Waals surface area contributed by atoms with Crippen LogP contribution >= 0.6 is 22.9 Å². The molecule has 2 aromatic rings. The number of hydrazone groups is 1. The third-order valence-corrected chi connectivity index (χ3v) is 6.44. The first-order valence-electron chi connectivity index (χ1n) is 10.4. The molecule has 1 atom stereocenters. The number of nitrogens with zero attached hydrogens (tertiary/aromatic N) is 3. The van der Waals surface area contributed by atoms with E-state index >= 15 is 0 Å². The lowest BCUT2D eigenvalue weighted by Gasteiger charge is -2.30. The van der Waals surface area contributed by atoms with Crippen molar-refractivity contribution in [3.63, 3.8) is 0 Å². The molecule has 1 aromatic heterocycles. The van der Waals surface area contributed by atoms with E-state index in [-0.39, 0.29) is 11.9 Å². The van der Waals surface area contributed by atoms with Crippen molar-refractivity contribution in [2.24, 2.45) is 10.8 Å². The number of rotatable bonds is 6. The number of urea groups is 1. The Morgan fingerprint density at radius 1 is 1.16 bits per heavy atom. The monoisotopic (exact) mass is 469 g/mol. The molecule has 3 N–H and O–H groups in total. The van der Waals surface area contributed by atoms with E-state index in [9.17, 15) is 9.59 Å². The predicted molar refractivity (Wildman–Crippen MR) is 129 cm³/mol. The highest BCUT2D eigenvalue weighted by atomic mass is 35.5. The van der Waals surface area contributed by atoms with E-state index in [2.05, 4.69) is 15.4 Å². The smallest absolute Gasteiger partial charge is 0.320 e. The van der Waals surface area contributed by atoms with Gasteiger partial charge in [0.05, 0.1) is 11.8 Å². The number of amides is 3. The molecule has 1 aromatic carbocycles. The summed E-state index contributed by atoms with van der Waals surface area (Å²) in [6, 6.07) is 8.35. The number of carbonyl (C=O) groups excluding carboxylic acids is 2. The zero-order valence-corrected chi connectivity index (χ0v) is 18.9. The van der Waals surface area contributed by atoms with Crippen LogP contribution in [0.1, 0.15) is 23.8 Å². The number of carbonyl (C=O) groups is 2. The molecule has 9 heteroatoms. The van der Waals surface area contributed by atoms with Gasteiger partial charge in [-0.05, 0) is 60.7 Å². The molecule has 3 amide bonds. The van der Waals surface area contributed by atoms with E-state index in [1.54, 1.807) is 24.3 Å². The van der Waals surface area contributed by atoms with Gasteiger partial charge in [0.2, 0.25) is 5.91 Å². The van der Waals surface area contributed by atoms with Crippen molar-refractivity contribution in [1.82, 2.24) is 10.3 Å². The van der Waals surface area contributed by atoms with Crippen molar-refractivity contribution in [3.05, 3.63) is 76.0 Å². The number of thiophene rings is 1. The van der Waals surface area contributed by atoms with Gasteiger partial charge in [-0.2, -0.15) is 5.10 Å². The Morgan fingerprint density at radius 3 is 2.44 bits per heavy atom. The van der Waals surface area contributed by atoms with Crippen LogP contribution in [-0.4, -0.2) is 41.8 Å². The second kappa shape index (κ2) is 10.0. The van der Waals surface area contributed by atoms with Gasteiger partial charge in [-0.1, -0.05) is 29.8 Å². The van der Waals surface area contributed by atoms with Crippen molar-refractivity contribution < 1.29 is 9.59 Å². The summed E-state index contributed by atoms with van der Waals surface area (Å²) >= 11 is 7.38. The Hall–Kier alpha value is -3.10. The Morgan fingerprint density at radius 2 is 1.84 bits per heavy atom. The van der Waals surface area contributed by atoms with Gasteiger partial charge in [0, 0.05) is 28.7 Å². The Balaban J connectivity index is 1.53. The average Bonchev–Trinajstić information content (AvgIpc) is 3.48. The number of halogens is 1. The quantitative estimate of drug-likeness (QED) is 0.667. The maximum atomic E-state index is 13.4. The molecule has 1 aliphatic carbocycles. The van der Waals surface area contributed by atoms with E-state index in [0.717, 1.165) is 31.6 Å². The summed E-state index contributed by atoms with van der Waals surface area (Å²) in [5.41, 5.74) is 7.06. The van der Waals surface area contributed by atoms with Crippen molar-refractivity contribution in [3.8, 4) is 0 Å². The van der Waals surface area contributed by atoms with Gasteiger partial charge in [-0.15, -0.1) is 11.3 Å². The summed E-state index contributed by atoms with van der Waals surface area (Å²) in [6.07, 6.45) is 9.89. The molecule has 2 heterocycles. The molecule has 1 fully saturated rings. The summed E-state index contributed by atoms with van der Waals surface area (Å²) < 4.78 is 0. The van der Waals surface area contributed by atoms with Gasteiger partial charge < -0.3 is 11.1 Å². The second-order valence-corrected chi connectivity index (χ2v) is 8.96. The zero-order chi connectivity index (χ0) is 22.5. The summed E-state index contributed by atoms with van der Waals surface area (Å²) in [6.45, 7) is 1.95. The maximum absolute atomic E-state index is 13.4. The van der Waals surface area contributed by atoms with Crippen LogP contribution in [0.25, 0.3) is 0 Å². The first kappa shape index (κ1) is 22.1. The maximum Gasteiger partial charge on any atom is 0.320 e. The van der Waals surface area contributed by atoms with E-state index in [4.69, 9.17) is 17.3 Å². The van der Waals surface area contributed by atoms with Crippen molar-refractivity contribution in [1.29, 1.82) is 0 Å². The molecule has 0 saturated carbocycles. The fourth-order valence-electron chi connectivity index (χ4n) is 3.72. The van der Waals surface area contributed by atoms with Gasteiger partial charge in [-0.25, -0.2) is 4.79 Å². The molecular formula is C23H24ClN5O2S. The lowest BCUT2D eigenvalue weighted by molar-refractivity contribution is -0.122. The fraction of sp³-hybridized carbons (Fsp3) is 0.261. The number of nitrogens with one attached hydrogen (secondary N) is 1. The molecule has 166 valence electrons. The van der Waals surface area contributed by atoms with Gasteiger partial charge >= 0.3 is 6.03 Å². The number of primary amides is 1. The van der Waals surface area contributed by atoms with Crippen molar-refractivity contribution >= 4 is 46.3 Å². The minimum absolute atomic E-state index is 0.317. The molecule has 0 spiro atoms. The van der Waals surface area contributed by atoms with Gasteiger partial charge in [0.1, 0.15) is 0 Å². The number of anilines is 1. The first-order chi connectivity index (χ1) is 15.5. The summed E-state index contributed by atoms with van der Waals surface area (Å²) in [5.74, 6) is -0.333. The molecule has 0 radical (unpaired) electrons.